The summed E-state index contributed by atoms with van der Waals surface area (Å²) >= 11 is 0.419. The third-order valence-electron chi connectivity index (χ3n) is 4.82. The van der Waals surface area contributed by atoms with Crippen molar-refractivity contribution in [1.82, 2.24) is 0 Å². The summed E-state index contributed by atoms with van der Waals surface area (Å²) in [5.41, 5.74) is 0.0556. The fourth-order valence-corrected chi connectivity index (χ4v) is 5.54. The van der Waals surface area contributed by atoms with Crippen LogP contribution in [-0.2, 0) is 9.53 Å². The molecule has 1 aliphatic carbocycles. The van der Waals surface area contributed by atoms with Crippen LogP contribution in [0.3, 0.4) is 0 Å². The molecule has 0 aromatic heterocycles. The van der Waals surface area contributed by atoms with Gasteiger partial charge in [0.1, 0.15) is 0 Å². The molecule has 2 atom stereocenters. The normalized spacial score (nSPS) is 28.1. The van der Waals surface area contributed by atoms with Gasteiger partial charge in [-0.15, -0.1) is 0 Å². The quantitative estimate of drug-likeness (QED) is 0.839. The Labute approximate surface area is 132 Å². The van der Waals surface area contributed by atoms with E-state index in [4.69, 9.17) is 4.74 Å². The fourth-order valence-electron chi connectivity index (χ4n) is 3.60. The van der Waals surface area contributed by atoms with E-state index in [1.54, 1.807) is 0 Å². The van der Waals surface area contributed by atoms with Gasteiger partial charge in [-0.3, -0.25) is 0 Å². The van der Waals surface area contributed by atoms with Gasteiger partial charge in [-0.2, -0.15) is 0 Å². The second-order valence-electron chi connectivity index (χ2n) is 6.16. The van der Waals surface area contributed by atoms with E-state index < -0.39 is 0 Å². The Kier molecular flexibility index (Phi) is 4.80. The number of aliphatic hydroxyl groups excluding tert-OH is 1. The van der Waals surface area contributed by atoms with Crippen LogP contribution in [0.1, 0.15) is 32.1 Å². The maximum atomic E-state index is 11.5. The Morgan fingerprint density at radius 3 is 2.62 bits per heavy atom. The molecule has 1 aliphatic heterocycles. The van der Waals surface area contributed by atoms with E-state index in [1.807, 2.05) is 6.07 Å². The zero-order valence-corrected chi connectivity index (χ0v) is 13.9. The SMILES string of the molecule is O=C1CCC2(CC1)CC(C[Se]c1ccccc1)O[C@H]2CO. The van der Waals surface area contributed by atoms with E-state index in [1.165, 1.54) is 4.46 Å². The van der Waals surface area contributed by atoms with Gasteiger partial charge in [-0.1, -0.05) is 0 Å². The molecular weight excluding hydrogens is 331 g/mol. The predicted molar refractivity (Wildman–Crippen MR) is 82.9 cm³/mol. The van der Waals surface area contributed by atoms with Crippen molar-refractivity contribution >= 4 is 25.2 Å². The molecule has 1 N–H and O–H groups in total. The number of carbonyl (C=O) groups is 1. The second kappa shape index (κ2) is 6.62. The molecule has 114 valence electrons. The average molecular weight is 353 g/mol. The van der Waals surface area contributed by atoms with E-state index in [-0.39, 0.29) is 24.2 Å². The van der Waals surface area contributed by atoms with Gasteiger partial charge in [0.05, 0.1) is 0 Å². The molecular formula is C17H22O3Se. The van der Waals surface area contributed by atoms with E-state index in [0.29, 0.717) is 33.6 Å². The molecule has 1 aromatic carbocycles. The molecule has 1 spiro atoms. The number of hydrogen-bond donors (Lipinski definition) is 1. The van der Waals surface area contributed by atoms with Crippen molar-refractivity contribution in [3.05, 3.63) is 30.3 Å². The van der Waals surface area contributed by atoms with Crippen LogP contribution in [0.25, 0.3) is 0 Å². The van der Waals surface area contributed by atoms with E-state index in [2.05, 4.69) is 24.3 Å². The Bertz CT molecular complexity index is 478. The minimum absolute atomic E-state index is 0.0556. The molecule has 1 unspecified atom stereocenters. The third kappa shape index (κ3) is 3.40. The number of rotatable bonds is 4. The first-order valence-electron chi connectivity index (χ1n) is 7.68. The van der Waals surface area contributed by atoms with Crippen LogP contribution in [0.2, 0.25) is 5.32 Å². The molecule has 1 aromatic rings. The van der Waals surface area contributed by atoms with Crippen LogP contribution in [0.4, 0.5) is 0 Å². The summed E-state index contributed by atoms with van der Waals surface area (Å²) in [6, 6.07) is 10.6. The summed E-state index contributed by atoms with van der Waals surface area (Å²) in [7, 11) is 0. The van der Waals surface area contributed by atoms with Gasteiger partial charge < -0.3 is 0 Å². The molecule has 21 heavy (non-hydrogen) atoms. The molecule has 3 nitrogen and oxygen atoms in total. The first-order chi connectivity index (χ1) is 10.2. The Morgan fingerprint density at radius 1 is 1.24 bits per heavy atom. The summed E-state index contributed by atoms with van der Waals surface area (Å²) in [6.07, 6.45) is 4.31. The van der Waals surface area contributed by atoms with E-state index >= 15 is 0 Å². The molecule has 0 radical (unpaired) electrons. The molecule has 0 amide bonds. The number of aliphatic hydroxyl groups is 1. The molecule has 2 fully saturated rings. The van der Waals surface area contributed by atoms with Gasteiger partial charge >= 0.3 is 132 Å². The van der Waals surface area contributed by atoms with E-state index in [0.717, 1.165) is 24.6 Å². The topological polar surface area (TPSA) is 46.5 Å². The van der Waals surface area contributed by atoms with Gasteiger partial charge in [0.15, 0.2) is 0 Å². The van der Waals surface area contributed by atoms with Gasteiger partial charge in [0, 0.05) is 0 Å². The van der Waals surface area contributed by atoms with Crippen LogP contribution in [0, 0.1) is 5.41 Å². The monoisotopic (exact) mass is 354 g/mol. The van der Waals surface area contributed by atoms with Crippen molar-refractivity contribution in [3.63, 3.8) is 0 Å². The number of hydrogen-bond acceptors (Lipinski definition) is 3. The van der Waals surface area contributed by atoms with Gasteiger partial charge in [-0.05, 0) is 0 Å². The molecule has 1 saturated heterocycles. The number of ketones is 1. The molecule has 0 bridgehead atoms. The third-order valence-corrected chi connectivity index (χ3v) is 7.22. The van der Waals surface area contributed by atoms with Crippen molar-refractivity contribution in [1.29, 1.82) is 0 Å². The van der Waals surface area contributed by atoms with Gasteiger partial charge in [-0.25, -0.2) is 0 Å². The van der Waals surface area contributed by atoms with Crippen LogP contribution in [0.15, 0.2) is 30.3 Å². The van der Waals surface area contributed by atoms with Crippen molar-refractivity contribution in [2.45, 2.75) is 49.6 Å². The van der Waals surface area contributed by atoms with E-state index in [9.17, 15) is 9.90 Å². The van der Waals surface area contributed by atoms with Crippen molar-refractivity contribution in [2.75, 3.05) is 6.61 Å². The standard InChI is InChI=1S/C17H22O3Se/c18-11-16-17(8-6-13(19)7-9-17)10-14(20-16)12-21-15-4-2-1-3-5-15/h1-5,14,16,18H,6-12H2/t14?,16-/m0/s1. The van der Waals surface area contributed by atoms with Crippen molar-refractivity contribution < 1.29 is 14.6 Å². The summed E-state index contributed by atoms with van der Waals surface area (Å²) < 4.78 is 7.51. The zero-order valence-electron chi connectivity index (χ0n) is 12.2. The number of Topliss-reactive ketones (excluding diaryl/α,β-unsaturated/α-hetero) is 1. The molecule has 1 saturated carbocycles. The molecule has 1 heterocycles. The van der Waals surface area contributed by atoms with Crippen molar-refractivity contribution in [2.24, 2.45) is 5.41 Å². The first kappa shape index (κ1) is 15.2. The second-order valence-corrected chi connectivity index (χ2v) is 8.45. The summed E-state index contributed by atoms with van der Waals surface area (Å²) in [4.78, 5) is 11.5. The maximum absolute atomic E-state index is 11.5. The molecule has 2 aliphatic rings. The Morgan fingerprint density at radius 2 is 1.95 bits per heavy atom. The number of carbonyl (C=O) groups excluding carboxylic acids is 1. The fraction of sp³-hybridized carbons (Fsp3) is 0.588. The Balaban J connectivity index is 1.60. The van der Waals surface area contributed by atoms with Crippen LogP contribution < -0.4 is 4.46 Å². The van der Waals surface area contributed by atoms with Crippen LogP contribution in [0.5, 0.6) is 0 Å². The molecule has 4 heteroatoms. The average Bonchev–Trinajstić information content (AvgIpc) is 2.87. The first-order valence-corrected chi connectivity index (χ1v) is 9.74. The number of benzene rings is 1. The van der Waals surface area contributed by atoms with Crippen molar-refractivity contribution in [3.8, 4) is 0 Å². The predicted octanol–water partition coefficient (Wildman–Crippen LogP) is 1.71. The summed E-state index contributed by atoms with van der Waals surface area (Å²) in [5.74, 6) is 0.370. The van der Waals surface area contributed by atoms with Crippen LogP contribution in [-0.4, -0.2) is 44.7 Å². The minimum atomic E-state index is -0.0674. The Hall–Kier alpha value is -0.671. The van der Waals surface area contributed by atoms with Crippen LogP contribution >= 0.6 is 0 Å². The zero-order chi connectivity index (χ0) is 14.7. The molecule has 3 rings (SSSR count). The number of ether oxygens (including phenoxy) is 1. The summed E-state index contributed by atoms with van der Waals surface area (Å²) in [6.45, 7) is 0.0863. The van der Waals surface area contributed by atoms with Gasteiger partial charge in [0.2, 0.25) is 0 Å². The van der Waals surface area contributed by atoms with Gasteiger partial charge in [0.25, 0.3) is 0 Å². The summed E-state index contributed by atoms with van der Waals surface area (Å²) in [5, 5.41) is 10.7.